The Bertz CT molecular complexity index is 1120. The summed E-state index contributed by atoms with van der Waals surface area (Å²) in [5.74, 6) is 0.516. The number of H-pyrrole nitrogens is 1. The second-order valence-electron chi connectivity index (χ2n) is 9.19. The van der Waals surface area contributed by atoms with E-state index in [1.54, 1.807) is 0 Å². The van der Waals surface area contributed by atoms with E-state index in [-0.39, 0.29) is 5.56 Å². The summed E-state index contributed by atoms with van der Waals surface area (Å²) in [6.07, 6.45) is 0.782. The number of benzene rings is 2. The van der Waals surface area contributed by atoms with Gasteiger partial charge in [-0.1, -0.05) is 42.5 Å². The molecule has 2 aliphatic heterocycles. The number of aromatic nitrogens is 2. The fourth-order valence-electron chi connectivity index (χ4n) is 4.61. The monoisotopic (exact) mass is 444 g/mol. The van der Waals surface area contributed by atoms with Crippen LogP contribution in [0.25, 0.3) is 0 Å². The van der Waals surface area contributed by atoms with Crippen molar-refractivity contribution in [1.29, 1.82) is 0 Å². The Kier molecular flexibility index (Phi) is 6.53. The molecule has 0 amide bonds. The maximum atomic E-state index is 12.8. The minimum Gasteiger partial charge on any atom is -0.326 e. The van der Waals surface area contributed by atoms with E-state index in [9.17, 15) is 4.79 Å². The molecule has 2 aromatic carbocycles. The van der Waals surface area contributed by atoms with Crippen molar-refractivity contribution >= 4 is 11.6 Å². The number of hydrogen-bond acceptors (Lipinski definition) is 6. The summed E-state index contributed by atoms with van der Waals surface area (Å²) in [6, 6.07) is 18.8. The van der Waals surface area contributed by atoms with Crippen LogP contribution in [0.3, 0.4) is 0 Å². The van der Waals surface area contributed by atoms with E-state index >= 15 is 0 Å². The first-order chi connectivity index (χ1) is 16.1. The van der Waals surface area contributed by atoms with Crippen LogP contribution in [-0.4, -0.2) is 64.4 Å². The van der Waals surface area contributed by atoms with Crippen LogP contribution >= 0.6 is 0 Å². The minimum atomic E-state index is -0.0491. The third kappa shape index (κ3) is 5.50. The fourth-order valence-corrected chi connectivity index (χ4v) is 4.61. The fraction of sp³-hybridized carbons (Fsp3) is 0.385. The second kappa shape index (κ2) is 9.87. The maximum Gasteiger partial charge on any atom is 0.257 e. The Morgan fingerprint density at radius 3 is 2.33 bits per heavy atom. The molecule has 3 heterocycles. The molecule has 7 nitrogen and oxygen atoms in total. The summed E-state index contributed by atoms with van der Waals surface area (Å²) in [6.45, 7) is 7.83. The Hall–Kier alpha value is -3.00. The van der Waals surface area contributed by atoms with Crippen LogP contribution in [0.4, 0.5) is 11.6 Å². The van der Waals surface area contributed by atoms with E-state index < -0.39 is 0 Å². The number of nitrogens with one attached hydrogen (secondary N) is 2. The number of anilines is 2. The predicted molar refractivity (Wildman–Crippen MR) is 132 cm³/mol. The molecule has 7 heteroatoms. The van der Waals surface area contributed by atoms with Crippen LogP contribution in [0, 0.1) is 0 Å². The number of fused-ring (bicyclic) bond motifs is 1. The van der Waals surface area contributed by atoms with Crippen LogP contribution in [0.2, 0.25) is 0 Å². The van der Waals surface area contributed by atoms with Gasteiger partial charge in [-0.3, -0.25) is 19.6 Å². The highest BCUT2D eigenvalue weighted by molar-refractivity contribution is 5.54. The summed E-state index contributed by atoms with van der Waals surface area (Å²) in [7, 11) is 2.18. The lowest BCUT2D eigenvalue weighted by molar-refractivity contribution is 0.148. The van der Waals surface area contributed by atoms with Crippen molar-refractivity contribution in [1.82, 2.24) is 24.7 Å². The molecule has 0 spiro atoms. The molecule has 172 valence electrons. The van der Waals surface area contributed by atoms with Crippen LogP contribution in [0.5, 0.6) is 0 Å². The molecule has 1 fully saturated rings. The van der Waals surface area contributed by atoms with Crippen LogP contribution in [0.1, 0.15) is 22.4 Å². The van der Waals surface area contributed by atoms with E-state index in [1.165, 1.54) is 11.1 Å². The van der Waals surface area contributed by atoms with Gasteiger partial charge in [-0.25, -0.2) is 4.98 Å². The molecule has 3 aromatic rings. The molecule has 0 atom stereocenters. The van der Waals surface area contributed by atoms with Crippen molar-refractivity contribution in [2.45, 2.75) is 26.1 Å². The summed E-state index contributed by atoms with van der Waals surface area (Å²) in [4.78, 5) is 27.6. The first-order valence-corrected chi connectivity index (χ1v) is 11.8. The van der Waals surface area contributed by atoms with Crippen molar-refractivity contribution in [3.8, 4) is 0 Å². The van der Waals surface area contributed by atoms with Crippen molar-refractivity contribution < 1.29 is 0 Å². The SMILES string of the molecule is CN1CCN(Cc2ccc(Nc3nc4c(c(=O)[nH]3)CN(Cc3ccccc3)CC4)cc2)CC1. The van der Waals surface area contributed by atoms with Gasteiger partial charge in [0.05, 0.1) is 11.3 Å². The van der Waals surface area contributed by atoms with E-state index in [0.717, 1.165) is 69.2 Å². The minimum absolute atomic E-state index is 0.0491. The Balaban J connectivity index is 1.21. The van der Waals surface area contributed by atoms with E-state index in [2.05, 4.69) is 80.6 Å². The number of aromatic amines is 1. The molecule has 5 rings (SSSR count). The van der Waals surface area contributed by atoms with E-state index in [1.807, 2.05) is 6.07 Å². The normalized spacial score (nSPS) is 17.6. The first kappa shape index (κ1) is 21.8. The Morgan fingerprint density at radius 2 is 1.58 bits per heavy atom. The Labute approximate surface area is 195 Å². The molecule has 0 unspecified atom stereocenters. The highest BCUT2D eigenvalue weighted by Crippen LogP contribution is 2.20. The molecule has 33 heavy (non-hydrogen) atoms. The molecule has 1 aromatic heterocycles. The standard InChI is InChI=1S/C26H32N6O/c1-30-13-15-31(16-14-30)17-21-7-9-22(10-8-21)27-26-28-24-11-12-32(19-23(24)25(33)29-26)18-20-5-3-2-4-6-20/h2-10H,11-19H2,1H3,(H2,27,28,29,33). The topological polar surface area (TPSA) is 67.5 Å². The number of nitrogens with zero attached hydrogens (tertiary/aromatic N) is 4. The number of hydrogen-bond donors (Lipinski definition) is 2. The zero-order valence-corrected chi connectivity index (χ0v) is 19.3. The van der Waals surface area contributed by atoms with Gasteiger partial charge < -0.3 is 10.2 Å². The molecule has 2 aliphatic rings. The van der Waals surface area contributed by atoms with Crippen molar-refractivity contribution in [2.75, 3.05) is 45.1 Å². The predicted octanol–water partition coefficient (Wildman–Crippen LogP) is 2.82. The Morgan fingerprint density at radius 1 is 0.879 bits per heavy atom. The third-order valence-electron chi connectivity index (χ3n) is 6.62. The average molecular weight is 445 g/mol. The molecule has 0 radical (unpaired) electrons. The summed E-state index contributed by atoms with van der Waals surface area (Å²) in [5, 5.41) is 3.28. The van der Waals surface area contributed by atoms with Gasteiger partial charge in [-0.15, -0.1) is 0 Å². The summed E-state index contributed by atoms with van der Waals surface area (Å²) in [5.41, 5.74) is 5.13. The lowest BCUT2D eigenvalue weighted by Crippen LogP contribution is -2.43. The van der Waals surface area contributed by atoms with Crippen molar-refractivity contribution in [3.05, 3.63) is 87.3 Å². The molecule has 0 bridgehead atoms. The highest BCUT2D eigenvalue weighted by atomic mass is 16.1. The average Bonchev–Trinajstić information content (AvgIpc) is 2.83. The smallest absolute Gasteiger partial charge is 0.257 e. The molecular weight excluding hydrogens is 412 g/mol. The molecular formula is C26H32N6O. The van der Waals surface area contributed by atoms with Crippen LogP contribution < -0.4 is 10.9 Å². The molecule has 2 N–H and O–H groups in total. The van der Waals surface area contributed by atoms with Gasteiger partial charge in [0.15, 0.2) is 0 Å². The van der Waals surface area contributed by atoms with Gasteiger partial charge in [0, 0.05) is 64.5 Å². The van der Waals surface area contributed by atoms with Crippen molar-refractivity contribution in [3.63, 3.8) is 0 Å². The van der Waals surface area contributed by atoms with E-state index in [4.69, 9.17) is 4.98 Å². The maximum absolute atomic E-state index is 12.8. The van der Waals surface area contributed by atoms with Gasteiger partial charge in [-0.05, 0) is 30.3 Å². The van der Waals surface area contributed by atoms with Gasteiger partial charge in [0.2, 0.25) is 5.95 Å². The highest BCUT2D eigenvalue weighted by Gasteiger charge is 2.21. The van der Waals surface area contributed by atoms with Crippen LogP contribution in [-0.2, 0) is 26.1 Å². The quantitative estimate of drug-likeness (QED) is 0.610. The summed E-state index contributed by atoms with van der Waals surface area (Å²) >= 11 is 0. The third-order valence-corrected chi connectivity index (χ3v) is 6.62. The van der Waals surface area contributed by atoms with Gasteiger partial charge in [0.1, 0.15) is 0 Å². The summed E-state index contributed by atoms with van der Waals surface area (Å²) < 4.78 is 0. The van der Waals surface area contributed by atoms with E-state index in [0.29, 0.717) is 12.5 Å². The van der Waals surface area contributed by atoms with Crippen LogP contribution in [0.15, 0.2) is 59.4 Å². The molecule has 0 saturated carbocycles. The largest absolute Gasteiger partial charge is 0.326 e. The number of likely N-dealkylation sites (N-methyl/N-ethyl adjacent to an activating group) is 1. The van der Waals surface area contributed by atoms with Gasteiger partial charge in [0.25, 0.3) is 5.56 Å². The lowest BCUT2D eigenvalue weighted by Gasteiger charge is -2.32. The zero-order chi connectivity index (χ0) is 22.6. The van der Waals surface area contributed by atoms with Gasteiger partial charge >= 0.3 is 0 Å². The molecule has 1 saturated heterocycles. The number of piperazine rings is 1. The lowest BCUT2D eigenvalue weighted by atomic mass is 10.1. The molecule has 0 aliphatic carbocycles. The second-order valence-corrected chi connectivity index (χ2v) is 9.19. The van der Waals surface area contributed by atoms with Crippen molar-refractivity contribution in [2.24, 2.45) is 0 Å². The zero-order valence-electron chi connectivity index (χ0n) is 19.3. The number of rotatable bonds is 6. The van der Waals surface area contributed by atoms with Gasteiger partial charge in [-0.2, -0.15) is 0 Å². The first-order valence-electron chi connectivity index (χ1n) is 11.8.